The Morgan fingerprint density at radius 2 is 1.82 bits per heavy atom. The van der Waals surface area contributed by atoms with Gasteiger partial charge in [0, 0.05) is 38.1 Å². The highest BCUT2D eigenvalue weighted by molar-refractivity contribution is 5.89. The molecule has 2 aromatic heterocycles. The van der Waals surface area contributed by atoms with Crippen molar-refractivity contribution in [2.45, 2.75) is 51.0 Å². The minimum absolute atomic E-state index is 0.406. The van der Waals surface area contributed by atoms with Crippen LogP contribution in [-0.2, 0) is 11.2 Å². The summed E-state index contributed by atoms with van der Waals surface area (Å²) in [4.78, 5) is 17.2. The summed E-state index contributed by atoms with van der Waals surface area (Å²) in [6.07, 6.45) is 7.18. The van der Waals surface area contributed by atoms with E-state index in [1.165, 1.54) is 5.56 Å². The number of fused-ring (bicyclic) bond motifs is 1. The molecule has 2 aliphatic rings. The van der Waals surface area contributed by atoms with Crippen molar-refractivity contribution in [1.82, 2.24) is 19.9 Å². The molecule has 0 aromatic carbocycles. The lowest BCUT2D eigenvalue weighted by Gasteiger charge is -2.30. The fourth-order valence-corrected chi connectivity index (χ4v) is 4.29. The Hall–Kier alpha value is -1.99. The molecule has 0 bridgehead atoms. The van der Waals surface area contributed by atoms with E-state index in [9.17, 15) is 0 Å². The summed E-state index contributed by atoms with van der Waals surface area (Å²) in [5, 5.41) is 6.87. The first kappa shape index (κ1) is 19.3. The summed E-state index contributed by atoms with van der Waals surface area (Å²) >= 11 is 0. The van der Waals surface area contributed by atoms with Crippen LogP contribution in [0.4, 0.5) is 11.6 Å². The lowest BCUT2D eigenvalue weighted by atomic mass is 9.89. The third-order valence-electron chi connectivity index (χ3n) is 6.09. The number of likely N-dealkylation sites (tertiary alicyclic amines) is 1. The molecule has 2 aromatic rings. The van der Waals surface area contributed by atoms with Gasteiger partial charge in [-0.2, -0.15) is 0 Å². The van der Waals surface area contributed by atoms with Gasteiger partial charge in [-0.15, -0.1) is 0 Å². The van der Waals surface area contributed by atoms with Gasteiger partial charge in [-0.25, -0.2) is 15.0 Å². The number of aryl methyl sites for hydroxylation is 1. The number of piperidine rings is 1. The number of pyridine rings is 1. The largest absolute Gasteiger partial charge is 0.381 e. The maximum absolute atomic E-state index is 5.51. The first-order valence-corrected chi connectivity index (χ1v) is 10.6. The van der Waals surface area contributed by atoms with Gasteiger partial charge in [0.2, 0.25) is 0 Å². The number of ether oxygens (including phenoxy) is 1. The van der Waals surface area contributed by atoms with Crippen LogP contribution in [0.2, 0.25) is 0 Å². The van der Waals surface area contributed by atoms with Crippen LogP contribution in [0.5, 0.6) is 0 Å². The maximum atomic E-state index is 5.51. The Morgan fingerprint density at radius 3 is 2.50 bits per heavy atom. The van der Waals surface area contributed by atoms with Gasteiger partial charge in [-0.1, -0.05) is 6.92 Å². The van der Waals surface area contributed by atoms with Gasteiger partial charge < -0.3 is 20.3 Å². The Kier molecular flexibility index (Phi) is 5.92. The summed E-state index contributed by atoms with van der Waals surface area (Å²) in [6.45, 7) is 6.00. The highest BCUT2D eigenvalue weighted by Gasteiger charge is 2.24. The van der Waals surface area contributed by atoms with Crippen molar-refractivity contribution in [3.05, 3.63) is 17.5 Å². The van der Waals surface area contributed by atoms with Crippen LogP contribution in [0.3, 0.4) is 0 Å². The molecule has 7 nitrogen and oxygen atoms in total. The predicted molar refractivity (Wildman–Crippen MR) is 113 cm³/mol. The molecule has 28 heavy (non-hydrogen) atoms. The van der Waals surface area contributed by atoms with Crippen molar-refractivity contribution in [3.63, 3.8) is 0 Å². The van der Waals surface area contributed by atoms with E-state index < -0.39 is 0 Å². The van der Waals surface area contributed by atoms with Crippen molar-refractivity contribution in [1.29, 1.82) is 0 Å². The summed E-state index contributed by atoms with van der Waals surface area (Å²) < 4.78 is 5.51. The van der Waals surface area contributed by atoms with Crippen LogP contribution < -0.4 is 10.6 Å². The first-order chi connectivity index (χ1) is 13.7. The van der Waals surface area contributed by atoms with E-state index >= 15 is 0 Å². The standard InChI is InChI=1S/C21H32N6O/c1-4-17-20(24-15-7-11-28-12-8-15)26-18-16(14-5-9-27(3)10-6-14)13-23-21(22-2)19(18)25-17/h13-15H,4-12H2,1-3H3,(H,22,23)(H,24,26). The quantitative estimate of drug-likeness (QED) is 0.821. The fraction of sp³-hybridized carbons (Fsp3) is 0.667. The minimum Gasteiger partial charge on any atom is -0.381 e. The van der Waals surface area contributed by atoms with Crippen molar-refractivity contribution >= 4 is 22.7 Å². The zero-order chi connectivity index (χ0) is 19.5. The number of hydrogen-bond acceptors (Lipinski definition) is 7. The normalized spacial score (nSPS) is 19.8. The second kappa shape index (κ2) is 8.57. The van der Waals surface area contributed by atoms with Crippen LogP contribution in [-0.4, -0.2) is 66.3 Å². The summed E-state index contributed by atoms with van der Waals surface area (Å²) in [5.74, 6) is 2.24. The van der Waals surface area contributed by atoms with E-state index in [-0.39, 0.29) is 0 Å². The van der Waals surface area contributed by atoms with Gasteiger partial charge >= 0.3 is 0 Å². The third kappa shape index (κ3) is 3.91. The number of aromatic nitrogens is 3. The van der Waals surface area contributed by atoms with E-state index in [1.54, 1.807) is 0 Å². The minimum atomic E-state index is 0.406. The molecule has 0 atom stereocenters. The van der Waals surface area contributed by atoms with Gasteiger partial charge in [0.05, 0.1) is 11.2 Å². The van der Waals surface area contributed by atoms with Crippen LogP contribution >= 0.6 is 0 Å². The summed E-state index contributed by atoms with van der Waals surface area (Å²) in [7, 11) is 4.10. The molecular formula is C21H32N6O. The smallest absolute Gasteiger partial charge is 0.153 e. The second-order valence-electron chi connectivity index (χ2n) is 7.99. The van der Waals surface area contributed by atoms with Gasteiger partial charge in [0.15, 0.2) is 5.82 Å². The van der Waals surface area contributed by atoms with Gasteiger partial charge in [-0.3, -0.25) is 0 Å². The van der Waals surface area contributed by atoms with Crippen molar-refractivity contribution in [3.8, 4) is 0 Å². The van der Waals surface area contributed by atoms with Crippen LogP contribution in [0, 0.1) is 0 Å². The molecule has 0 spiro atoms. The van der Waals surface area contributed by atoms with E-state index in [2.05, 4.69) is 34.5 Å². The van der Waals surface area contributed by atoms with E-state index in [4.69, 9.17) is 14.7 Å². The predicted octanol–water partition coefficient (Wildman–Crippen LogP) is 3.03. The SMILES string of the molecule is CCc1nc2c(NC)ncc(C3CCN(C)CC3)c2nc1NC1CCOCC1. The molecule has 0 aliphatic carbocycles. The fourth-order valence-electron chi connectivity index (χ4n) is 4.29. The molecule has 0 amide bonds. The van der Waals surface area contributed by atoms with Crippen LogP contribution in [0.25, 0.3) is 11.0 Å². The molecular weight excluding hydrogens is 352 g/mol. The Labute approximate surface area is 167 Å². The molecule has 0 unspecified atom stereocenters. The zero-order valence-electron chi connectivity index (χ0n) is 17.3. The average Bonchev–Trinajstić information content (AvgIpc) is 2.74. The molecule has 0 radical (unpaired) electrons. The molecule has 2 saturated heterocycles. The van der Waals surface area contributed by atoms with Gasteiger partial charge in [-0.05, 0) is 58.2 Å². The Morgan fingerprint density at radius 1 is 1.07 bits per heavy atom. The Balaban J connectivity index is 1.75. The molecule has 2 N–H and O–H groups in total. The van der Waals surface area contributed by atoms with E-state index in [0.29, 0.717) is 12.0 Å². The van der Waals surface area contributed by atoms with Crippen LogP contribution in [0.1, 0.15) is 49.8 Å². The van der Waals surface area contributed by atoms with E-state index in [0.717, 1.165) is 86.8 Å². The molecule has 7 heteroatoms. The molecule has 2 fully saturated rings. The monoisotopic (exact) mass is 384 g/mol. The van der Waals surface area contributed by atoms with Gasteiger partial charge in [0.25, 0.3) is 0 Å². The number of hydrogen-bond donors (Lipinski definition) is 2. The lowest BCUT2D eigenvalue weighted by molar-refractivity contribution is 0.0903. The number of anilines is 2. The van der Waals surface area contributed by atoms with Crippen molar-refractivity contribution in [2.75, 3.05) is 51.0 Å². The third-order valence-corrected chi connectivity index (χ3v) is 6.09. The number of nitrogens with one attached hydrogen (secondary N) is 2. The highest BCUT2D eigenvalue weighted by atomic mass is 16.5. The average molecular weight is 385 g/mol. The lowest BCUT2D eigenvalue weighted by Crippen LogP contribution is -2.30. The van der Waals surface area contributed by atoms with Gasteiger partial charge in [0.1, 0.15) is 11.3 Å². The van der Waals surface area contributed by atoms with E-state index in [1.807, 2.05) is 13.2 Å². The molecule has 2 aliphatic heterocycles. The molecule has 4 heterocycles. The van der Waals surface area contributed by atoms with Crippen LogP contribution in [0.15, 0.2) is 6.20 Å². The second-order valence-corrected chi connectivity index (χ2v) is 7.99. The molecule has 4 rings (SSSR count). The zero-order valence-corrected chi connectivity index (χ0v) is 17.3. The molecule has 152 valence electrons. The topological polar surface area (TPSA) is 75.2 Å². The summed E-state index contributed by atoms with van der Waals surface area (Å²) in [6, 6.07) is 0.406. The summed E-state index contributed by atoms with van der Waals surface area (Å²) in [5.41, 5.74) is 4.15. The molecule has 0 saturated carbocycles. The number of rotatable bonds is 5. The maximum Gasteiger partial charge on any atom is 0.153 e. The first-order valence-electron chi connectivity index (χ1n) is 10.6. The number of nitrogens with zero attached hydrogens (tertiary/aromatic N) is 4. The Bertz CT molecular complexity index is 812. The van der Waals surface area contributed by atoms with Crippen molar-refractivity contribution in [2.24, 2.45) is 0 Å². The highest BCUT2D eigenvalue weighted by Crippen LogP contribution is 2.34. The van der Waals surface area contributed by atoms with Crippen molar-refractivity contribution < 1.29 is 4.74 Å².